The minimum absolute atomic E-state index is 0. The fourth-order valence-corrected chi connectivity index (χ4v) is 3.34. The molecule has 132 valence electrons. The highest BCUT2D eigenvalue weighted by molar-refractivity contribution is 5.85. The van der Waals surface area contributed by atoms with Crippen LogP contribution in [0.25, 0.3) is 0 Å². The fourth-order valence-electron chi connectivity index (χ4n) is 3.34. The topological polar surface area (TPSA) is 24.5 Å². The lowest BCUT2D eigenvalue weighted by Crippen LogP contribution is -2.47. The number of nitrogens with zero attached hydrogens (tertiary/aromatic N) is 1. The van der Waals surface area contributed by atoms with Gasteiger partial charge >= 0.3 is 6.61 Å². The molecule has 2 fully saturated rings. The quantitative estimate of drug-likeness (QED) is 0.853. The van der Waals surface area contributed by atoms with Crippen LogP contribution in [0.1, 0.15) is 30.9 Å². The second-order valence-corrected chi connectivity index (χ2v) is 5.87. The largest absolute Gasteiger partial charge is 0.435 e. The zero-order valence-corrected chi connectivity index (χ0v) is 14.6. The maximum absolute atomic E-state index is 12.2. The van der Waals surface area contributed by atoms with Crippen LogP contribution in [0.5, 0.6) is 5.75 Å². The molecule has 1 saturated heterocycles. The first-order valence-corrected chi connectivity index (χ1v) is 7.73. The molecule has 23 heavy (non-hydrogen) atoms. The van der Waals surface area contributed by atoms with Crippen LogP contribution in [0.2, 0.25) is 0 Å². The molecule has 1 saturated carbocycles. The summed E-state index contributed by atoms with van der Waals surface area (Å²) in [5.74, 6) is 0.936. The van der Waals surface area contributed by atoms with Gasteiger partial charge in [0.05, 0.1) is 0 Å². The summed E-state index contributed by atoms with van der Waals surface area (Å²) in [6.07, 6.45) is 3.84. The summed E-state index contributed by atoms with van der Waals surface area (Å²) >= 11 is 0. The van der Waals surface area contributed by atoms with E-state index in [1.54, 1.807) is 12.1 Å². The van der Waals surface area contributed by atoms with E-state index in [9.17, 15) is 8.78 Å². The Morgan fingerprint density at radius 1 is 1.04 bits per heavy atom. The van der Waals surface area contributed by atoms with E-state index in [0.717, 1.165) is 26.2 Å². The Morgan fingerprint density at radius 3 is 2.13 bits per heavy atom. The number of benzene rings is 1. The number of halogens is 4. The molecule has 0 amide bonds. The molecule has 0 bridgehead atoms. The molecule has 3 rings (SSSR count). The molecule has 1 aliphatic heterocycles. The molecule has 0 unspecified atom stereocenters. The number of piperazine rings is 1. The molecule has 7 heteroatoms. The molecule has 1 heterocycles. The van der Waals surface area contributed by atoms with Gasteiger partial charge in [-0.1, -0.05) is 18.6 Å². The van der Waals surface area contributed by atoms with E-state index in [0.29, 0.717) is 12.0 Å². The summed E-state index contributed by atoms with van der Waals surface area (Å²) in [6.45, 7) is 1.39. The van der Waals surface area contributed by atoms with Gasteiger partial charge in [0.25, 0.3) is 0 Å². The first-order chi connectivity index (χ1) is 10.2. The molecule has 3 nitrogen and oxygen atoms in total. The van der Waals surface area contributed by atoms with Crippen molar-refractivity contribution in [3.05, 3.63) is 29.8 Å². The predicted octanol–water partition coefficient (Wildman–Crippen LogP) is 3.88. The number of rotatable bonds is 5. The van der Waals surface area contributed by atoms with Gasteiger partial charge in [0.15, 0.2) is 0 Å². The Balaban J connectivity index is 0.00000132. The average molecular weight is 369 g/mol. The third-order valence-corrected chi connectivity index (χ3v) is 4.59. The highest BCUT2D eigenvalue weighted by Gasteiger charge is 2.33. The predicted molar refractivity (Wildman–Crippen MR) is 92.1 cm³/mol. The summed E-state index contributed by atoms with van der Waals surface area (Å²) < 4.78 is 28.9. The highest BCUT2D eigenvalue weighted by Crippen LogP contribution is 2.41. The van der Waals surface area contributed by atoms with Gasteiger partial charge < -0.3 is 10.1 Å². The smallest absolute Gasteiger partial charge is 0.387 e. The second-order valence-electron chi connectivity index (χ2n) is 5.87. The molecule has 1 aromatic rings. The maximum atomic E-state index is 12.2. The summed E-state index contributed by atoms with van der Waals surface area (Å²) in [7, 11) is 0. The SMILES string of the molecule is Cl.Cl.FC(F)Oc1ccc([C@H](C2CCC2)N2CCNCC2)cc1. The zero-order chi connectivity index (χ0) is 14.7. The number of ether oxygens (including phenoxy) is 1. The van der Waals surface area contributed by atoms with Crippen molar-refractivity contribution in [2.24, 2.45) is 5.92 Å². The Labute approximate surface area is 148 Å². The van der Waals surface area contributed by atoms with E-state index in [1.807, 2.05) is 12.1 Å². The van der Waals surface area contributed by atoms with Crippen molar-refractivity contribution in [2.75, 3.05) is 26.2 Å². The van der Waals surface area contributed by atoms with Crippen LogP contribution < -0.4 is 10.1 Å². The van der Waals surface area contributed by atoms with Crippen molar-refractivity contribution in [3.63, 3.8) is 0 Å². The van der Waals surface area contributed by atoms with E-state index in [1.165, 1.54) is 24.8 Å². The molecular weight excluding hydrogens is 345 g/mol. The van der Waals surface area contributed by atoms with Crippen LogP contribution >= 0.6 is 24.8 Å². The Hall–Kier alpha value is -0.620. The van der Waals surface area contributed by atoms with E-state index < -0.39 is 6.61 Å². The molecule has 0 spiro atoms. The van der Waals surface area contributed by atoms with Gasteiger partial charge in [-0.15, -0.1) is 24.8 Å². The van der Waals surface area contributed by atoms with Crippen molar-refractivity contribution in [3.8, 4) is 5.75 Å². The van der Waals surface area contributed by atoms with Crippen LogP contribution in [0.15, 0.2) is 24.3 Å². The van der Waals surface area contributed by atoms with Crippen molar-refractivity contribution in [2.45, 2.75) is 31.9 Å². The Bertz CT molecular complexity index is 452. The molecule has 2 aliphatic rings. The monoisotopic (exact) mass is 368 g/mol. The van der Waals surface area contributed by atoms with Crippen molar-refractivity contribution in [1.82, 2.24) is 10.2 Å². The Kier molecular flexibility index (Phi) is 8.54. The van der Waals surface area contributed by atoms with E-state index in [4.69, 9.17) is 0 Å². The van der Waals surface area contributed by atoms with E-state index in [2.05, 4.69) is 15.0 Å². The molecule has 1 aromatic carbocycles. The zero-order valence-electron chi connectivity index (χ0n) is 12.9. The van der Waals surface area contributed by atoms with E-state index >= 15 is 0 Å². The van der Waals surface area contributed by atoms with Gasteiger partial charge in [-0.3, -0.25) is 4.90 Å². The van der Waals surface area contributed by atoms with Gasteiger partial charge in [0.1, 0.15) is 5.75 Å². The highest BCUT2D eigenvalue weighted by atomic mass is 35.5. The minimum Gasteiger partial charge on any atom is -0.435 e. The average Bonchev–Trinajstić information content (AvgIpc) is 2.44. The summed E-state index contributed by atoms with van der Waals surface area (Å²) in [4.78, 5) is 2.53. The molecular formula is C16H24Cl2F2N2O. The lowest BCUT2D eigenvalue weighted by Gasteiger charge is -2.43. The van der Waals surface area contributed by atoms with Crippen LogP contribution in [0, 0.1) is 5.92 Å². The third-order valence-electron chi connectivity index (χ3n) is 4.59. The molecule has 0 aromatic heterocycles. The molecule has 0 radical (unpaired) electrons. The van der Waals surface area contributed by atoms with Crippen molar-refractivity contribution in [1.29, 1.82) is 0 Å². The minimum atomic E-state index is -2.76. The van der Waals surface area contributed by atoms with E-state index in [-0.39, 0.29) is 30.6 Å². The number of hydrogen-bond donors (Lipinski definition) is 1. The lowest BCUT2D eigenvalue weighted by atomic mass is 9.76. The fraction of sp³-hybridized carbons (Fsp3) is 0.625. The second kappa shape index (κ2) is 9.62. The van der Waals surface area contributed by atoms with Gasteiger partial charge in [0.2, 0.25) is 0 Å². The molecule has 1 atom stereocenters. The summed E-state index contributed by atoms with van der Waals surface area (Å²) in [5, 5.41) is 3.38. The first-order valence-electron chi connectivity index (χ1n) is 7.73. The van der Waals surface area contributed by atoms with Crippen LogP contribution in [-0.2, 0) is 0 Å². The summed E-state index contributed by atoms with van der Waals surface area (Å²) in [6, 6.07) is 7.64. The number of alkyl halides is 2. The van der Waals surface area contributed by atoms with Crippen LogP contribution in [-0.4, -0.2) is 37.7 Å². The standard InChI is InChI=1S/C16H22F2N2O.2ClH/c17-16(18)21-14-6-4-13(5-7-14)15(12-2-1-3-12)20-10-8-19-9-11-20;;/h4-7,12,15-16,19H,1-3,8-11H2;2*1H/t15-;;/m0../s1. The number of hydrogen-bond acceptors (Lipinski definition) is 3. The first kappa shape index (κ1) is 20.4. The van der Waals surface area contributed by atoms with Gasteiger partial charge in [-0.25, -0.2) is 0 Å². The van der Waals surface area contributed by atoms with Crippen LogP contribution in [0.4, 0.5) is 8.78 Å². The molecule has 1 aliphatic carbocycles. The van der Waals surface area contributed by atoms with Crippen LogP contribution in [0.3, 0.4) is 0 Å². The number of nitrogens with one attached hydrogen (secondary N) is 1. The Morgan fingerprint density at radius 2 is 1.65 bits per heavy atom. The lowest BCUT2D eigenvalue weighted by molar-refractivity contribution is -0.0498. The van der Waals surface area contributed by atoms with Gasteiger partial charge in [-0.05, 0) is 36.5 Å². The van der Waals surface area contributed by atoms with Gasteiger partial charge in [-0.2, -0.15) is 8.78 Å². The molecule has 1 N–H and O–H groups in total. The van der Waals surface area contributed by atoms with Crippen molar-refractivity contribution < 1.29 is 13.5 Å². The van der Waals surface area contributed by atoms with Crippen molar-refractivity contribution >= 4 is 24.8 Å². The maximum Gasteiger partial charge on any atom is 0.387 e. The third kappa shape index (κ3) is 5.18. The normalized spacial score (nSPS) is 20.1. The van der Waals surface area contributed by atoms with Gasteiger partial charge in [0, 0.05) is 32.2 Å². The summed E-state index contributed by atoms with van der Waals surface area (Å²) in [5.41, 5.74) is 1.23.